The van der Waals surface area contributed by atoms with E-state index in [4.69, 9.17) is 22.1 Å². The van der Waals surface area contributed by atoms with E-state index in [1.807, 2.05) is 0 Å². The Hall–Kier alpha value is -0.780. The Balaban J connectivity index is 2.31. The van der Waals surface area contributed by atoms with E-state index in [-0.39, 0.29) is 0 Å². The highest BCUT2D eigenvalue weighted by molar-refractivity contribution is 9.10. The predicted molar refractivity (Wildman–Crippen MR) is 75.6 cm³/mol. The summed E-state index contributed by atoms with van der Waals surface area (Å²) in [5.74, 6) is 0.918. The third-order valence-electron chi connectivity index (χ3n) is 1.88. The van der Waals surface area contributed by atoms with Gasteiger partial charge in [0.05, 0.1) is 0 Å². The van der Waals surface area contributed by atoms with E-state index in [0.717, 1.165) is 8.95 Å². The summed E-state index contributed by atoms with van der Waals surface area (Å²) >= 11 is 12.6. The number of pyridine rings is 1. The Bertz CT molecular complexity index is 543. The molecular weight excluding hydrogens is 371 g/mol. The third kappa shape index (κ3) is 3.34. The normalized spacial score (nSPS) is 10.3. The summed E-state index contributed by atoms with van der Waals surface area (Å²) in [7, 11) is 0. The van der Waals surface area contributed by atoms with Crippen LogP contribution < -0.4 is 10.5 Å². The lowest BCUT2D eigenvalue weighted by atomic mass is 10.3. The first-order chi connectivity index (χ1) is 8.04. The number of anilines is 1. The van der Waals surface area contributed by atoms with Gasteiger partial charge in [-0.25, -0.2) is 4.98 Å². The number of rotatable bonds is 2. The highest BCUT2D eigenvalue weighted by Crippen LogP contribution is 2.31. The zero-order valence-corrected chi connectivity index (χ0v) is 12.4. The molecule has 17 heavy (non-hydrogen) atoms. The summed E-state index contributed by atoms with van der Waals surface area (Å²) in [5.41, 5.74) is 6.30. The summed E-state index contributed by atoms with van der Waals surface area (Å²) in [5, 5.41) is 0.429. The number of benzene rings is 1. The number of hydrogen-bond acceptors (Lipinski definition) is 3. The summed E-state index contributed by atoms with van der Waals surface area (Å²) < 4.78 is 7.18. The monoisotopic (exact) mass is 376 g/mol. The summed E-state index contributed by atoms with van der Waals surface area (Å²) in [4.78, 5) is 4.08. The second-order valence-corrected chi connectivity index (χ2v) is 5.50. The molecule has 0 spiro atoms. The van der Waals surface area contributed by atoms with E-state index in [0.29, 0.717) is 22.3 Å². The molecule has 0 aliphatic rings. The Morgan fingerprint density at radius 1 is 1.12 bits per heavy atom. The topological polar surface area (TPSA) is 48.1 Å². The maximum Gasteiger partial charge on any atom is 0.238 e. The van der Waals surface area contributed by atoms with E-state index in [1.165, 1.54) is 0 Å². The van der Waals surface area contributed by atoms with E-state index in [1.54, 1.807) is 30.5 Å². The summed E-state index contributed by atoms with van der Waals surface area (Å²) in [6.45, 7) is 0. The molecule has 2 N–H and O–H groups in total. The van der Waals surface area contributed by atoms with Crippen molar-refractivity contribution in [3.8, 4) is 11.6 Å². The lowest BCUT2D eigenvalue weighted by molar-refractivity contribution is 0.463. The minimum Gasteiger partial charge on any atom is -0.437 e. The van der Waals surface area contributed by atoms with Crippen molar-refractivity contribution < 1.29 is 4.74 Å². The number of nitrogen functional groups attached to an aromatic ring is 1. The van der Waals surface area contributed by atoms with E-state index < -0.39 is 0 Å². The fourth-order valence-electron chi connectivity index (χ4n) is 1.23. The number of nitrogens with two attached hydrogens (primary N) is 1. The predicted octanol–water partition coefficient (Wildman–Crippen LogP) is 4.63. The standard InChI is InChI=1S/C11H7Br2ClN2O/c12-6-1-8(15)4-9(2-6)17-11-10(14)3-7(13)5-16-11/h1-5H,15H2. The van der Waals surface area contributed by atoms with Crippen LogP contribution in [0.1, 0.15) is 0 Å². The van der Waals surface area contributed by atoms with Gasteiger partial charge in [-0.1, -0.05) is 27.5 Å². The molecule has 1 aromatic carbocycles. The zero-order valence-electron chi connectivity index (χ0n) is 8.45. The van der Waals surface area contributed by atoms with Crippen LogP contribution >= 0.6 is 43.5 Å². The van der Waals surface area contributed by atoms with Crippen molar-refractivity contribution in [1.29, 1.82) is 0 Å². The maximum atomic E-state index is 6.00. The molecule has 2 rings (SSSR count). The van der Waals surface area contributed by atoms with Crippen molar-refractivity contribution in [1.82, 2.24) is 4.98 Å². The van der Waals surface area contributed by atoms with Crippen LogP contribution in [0.2, 0.25) is 5.02 Å². The van der Waals surface area contributed by atoms with Crippen molar-refractivity contribution >= 4 is 49.1 Å². The largest absolute Gasteiger partial charge is 0.437 e. The van der Waals surface area contributed by atoms with Gasteiger partial charge in [0.1, 0.15) is 10.8 Å². The molecule has 0 unspecified atom stereocenters. The zero-order chi connectivity index (χ0) is 12.4. The molecule has 1 aromatic heterocycles. The van der Waals surface area contributed by atoms with Crippen molar-refractivity contribution in [3.63, 3.8) is 0 Å². The molecule has 88 valence electrons. The van der Waals surface area contributed by atoms with Gasteiger partial charge in [-0.2, -0.15) is 0 Å². The van der Waals surface area contributed by atoms with E-state index >= 15 is 0 Å². The minimum atomic E-state index is 0.340. The summed E-state index contributed by atoms with van der Waals surface area (Å²) in [6, 6.07) is 6.98. The number of ether oxygens (including phenoxy) is 1. The van der Waals surface area contributed by atoms with Crippen LogP contribution in [0.3, 0.4) is 0 Å². The van der Waals surface area contributed by atoms with Gasteiger partial charge in [-0.15, -0.1) is 0 Å². The van der Waals surface area contributed by atoms with Crippen LogP contribution in [0.15, 0.2) is 39.4 Å². The molecule has 0 amide bonds. The molecule has 0 saturated heterocycles. The lowest BCUT2D eigenvalue weighted by Gasteiger charge is -2.07. The molecule has 0 atom stereocenters. The second-order valence-electron chi connectivity index (χ2n) is 3.26. The molecular formula is C11H7Br2ClN2O. The van der Waals surface area contributed by atoms with Crippen molar-refractivity contribution in [3.05, 3.63) is 44.4 Å². The Morgan fingerprint density at radius 2 is 1.88 bits per heavy atom. The highest BCUT2D eigenvalue weighted by Gasteiger charge is 2.06. The fraction of sp³-hybridized carbons (Fsp3) is 0. The van der Waals surface area contributed by atoms with E-state index in [2.05, 4.69) is 36.8 Å². The van der Waals surface area contributed by atoms with Gasteiger partial charge in [0.15, 0.2) is 0 Å². The molecule has 0 bridgehead atoms. The van der Waals surface area contributed by atoms with Gasteiger partial charge in [0.25, 0.3) is 0 Å². The van der Waals surface area contributed by atoms with Crippen LogP contribution in [0.4, 0.5) is 5.69 Å². The first-order valence-electron chi connectivity index (χ1n) is 4.59. The van der Waals surface area contributed by atoms with Gasteiger partial charge in [0, 0.05) is 26.9 Å². The average Bonchev–Trinajstić information content (AvgIpc) is 2.21. The van der Waals surface area contributed by atoms with Crippen LogP contribution in [-0.4, -0.2) is 4.98 Å². The van der Waals surface area contributed by atoms with Gasteiger partial charge in [-0.05, 0) is 34.1 Å². The molecule has 0 aliphatic heterocycles. The highest BCUT2D eigenvalue weighted by atomic mass is 79.9. The molecule has 0 saturated carbocycles. The number of nitrogens with zero attached hydrogens (tertiary/aromatic N) is 1. The van der Waals surface area contributed by atoms with Gasteiger partial charge >= 0.3 is 0 Å². The molecule has 2 aromatic rings. The molecule has 0 radical (unpaired) electrons. The first-order valence-corrected chi connectivity index (χ1v) is 6.56. The molecule has 0 aliphatic carbocycles. The first kappa shape index (κ1) is 12.7. The van der Waals surface area contributed by atoms with Crippen molar-refractivity contribution in [2.45, 2.75) is 0 Å². The quantitative estimate of drug-likeness (QED) is 0.775. The van der Waals surface area contributed by atoms with Crippen molar-refractivity contribution in [2.24, 2.45) is 0 Å². The van der Waals surface area contributed by atoms with Gasteiger partial charge in [-0.3, -0.25) is 0 Å². The Labute approximate surface area is 120 Å². The van der Waals surface area contributed by atoms with Crippen molar-refractivity contribution in [2.75, 3.05) is 5.73 Å². The van der Waals surface area contributed by atoms with Crippen LogP contribution in [0.25, 0.3) is 0 Å². The molecule has 3 nitrogen and oxygen atoms in total. The molecule has 6 heteroatoms. The summed E-state index contributed by atoms with van der Waals surface area (Å²) in [6.07, 6.45) is 1.61. The molecule has 0 fully saturated rings. The Morgan fingerprint density at radius 3 is 2.53 bits per heavy atom. The van der Waals surface area contributed by atoms with Crippen LogP contribution in [-0.2, 0) is 0 Å². The van der Waals surface area contributed by atoms with Crippen LogP contribution in [0.5, 0.6) is 11.6 Å². The van der Waals surface area contributed by atoms with E-state index in [9.17, 15) is 0 Å². The maximum absolute atomic E-state index is 6.00. The fourth-order valence-corrected chi connectivity index (χ4v) is 2.39. The smallest absolute Gasteiger partial charge is 0.238 e. The third-order valence-corrected chi connectivity index (χ3v) is 3.04. The molecule has 1 heterocycles. The lowest BCUT2D eigenvalue weighted by Crippen LogP contribution is -1.91. The SMILES string of the molecule is Nc1cc(Br)cc(Oc2ncc(Br)cc2Cl)c1. The number of halogens is 3. The Kier molecular flexibility index (Phi) is 3.91. The number of hydrogen-bond donors (Lipinski definition) is 1. The van der Waals surface area contributed by atoms with Gasteiger partial charge < -0.3 is 10.5 Å². The second kappa shape index (κ2) is 5.25. The van der Waals surface area contributed by atoms with Crippen LogP contribution in [0, 0.1) is 0 Å². The number of aromatic nitrogens is 1. The van der Waals surface area contributed by atoms with Gasteiger partial charge in [0.2, 0.25) is 5.88 Å². The average molecular weight is 378 g/mol. The minimum absolute atomic E-state index is 0.340.